The Balaban J connectivity index is 1.51. The molecule has 0 saturated carbocycles. The van der Waals surface area contributed by atoms with Gasteiger partial charge in [0, 0.05) is 17.6 Å². The summed E-state index contributed by atoms with van der Waals surface area (Å²) in [5.41, 5.74) is 1.29. The number of nitrogens with zero attached hydrogens (tertiary/aromatic N) is 2. The van der Waals surface area contributed by atoms with E-state index >= 15 is 0 Å². The van der Waals surface area contributed by atoms with Gasteiger partial charge in [0.25, 0.3) is 0 Å². The fourth-order valence-electron chi connectivity index (χ4n) is 4.24. The summed E-state index contributed by atoms with van der Waals surface area (Å²) in [5.74, 6) is 0.679. The maximum atomic E-state index is 12.9. The second kappa shape index (κ2) is 6.58. The predicted octanol–water partition coefficient (Wildman–Crippen LogP) is 4.66. The molecule has 4 heterocycles. The van der Waals surface area contributed by atoms with Gasteiger partial charge in [-0.15, -0.1) is 0 Å². The van der Waals surface area contributed by atoms with Crippen LogP contribution in [0.25, 0.3) is 11.3 Å². The van der Waals surface area contributed by atoms with Crippen molar-refractivity contribution in [3.63, 3.8) is 0 Å². The number of anilines is 1. The number of hydrogen-bond acceptors (Lipinski definition) is 3. The second-order valence-electron chi connectivity index (χ2n) is 7.29. The molecule has 2 atom stereocenters. The summed E-state index contributed by atoms with van der Waals surface area (Å²) in [4.78, 5) is 6.90. The van der Waals surface area contributed by atoms with E-state index in [0.717, 1.165) is 17.8 Å². The average molecular weight is 361 g/mol. The molecule has 1 N–H and O–H groups in total. The molecule has 5 rings (SSSR count). The molecule has 138 valence electrons. The number of fused-ring (bicyclic) bond motifs is 3. The lowest BCUT2D eigenvalue weighted by molar-refractivity contribution is -0.137. The van der Waals surface area contributed by atoms with Crippen LogP contribution in [0, 0.1) is 5.92 Å². The van der Waals surface area contributed by atoms with Crippen molar-refractivity contribution in [2.75, 3.05) is 18.4 Å². The van der Waals surface area contributed by atoms with E-state index < -0.39 is 11.7 Å². The zero-order chi connectivity index (χ0) is 18.3. The predicted molar refractivity (Wildman–Crippen MR) is 95.8 cm³/mol. The third-order valence-electron chi connectivity index (χ3n) is 5.76. The number of benzene rings is 1. The molecule has 1 aromatic carbocycles. The van der Waals surface area contributed by atoms with Gasteiger partial charge in [-0.05, 0) is 63.0 Å². The number of nitrogens with one attached hydrogen (secondary N) is 1. The van der Waals surface area contributed by atoms with Crippen LogP contribution in [0.15, 0.2) is 42.6 Å². The van der Waals surface area contributed by atoms with Crippen molar-refractivity contribution in [3.8, 4) is 11.3 Å². The molecule has 26 heavy (non-hydrogen) atoms. The van der Waals surface area contributed by atoms with E-state index in [-0.39, 0.29) is 0 Å². The van der Waals surface area contributed by atoms with E-state index in [4.69, 9.17) is 0 Å². The summed E-state index contributed by atoms with van der Waals surface area (Å²) in [7, 11) is 0. The standard InChI is InChI=1S/C20H22F3N3/c1-13-19(14-7-9-26(13)10-8-14)25-17-5-6-18(24-12-17)15-3-2-4-16(11-15)20(21,22)23/h2-6,11-14,19,25H,7-10H2,1H3/t13-,19+/m1/s1. The number of pyridine rings is 1. The minimum absolute atomic E-state index is 0.402. The van der Waals surface area contributed by atoms with Crippen LogP contribution in [0.4, 0.5) is 18.9 Å². The highest BCUT2D eigenvalue weighted by Crippen LogP contribution is 2.35. The fourth-order valence-corrected chi connectivity index (χ4v) is 4.24. The van der Waals surface area contributed by atoms with Gasteiger partial charge in [0.15, 0.2) is 0 Å². The van der Waals surface area contributed by atoms with Gasteiger partial charge in [-0.25, -0.2) is 0 Å². The van der Waals surface area contributed by atoms with Gasteiger partial charge < -0.3 is 5.32 Å². The number of alkyl halides is 3. The first-order chi connectivity index (χ1) is 12.4. The van der Waals surface area contributed by atoms with E-state index in [2.05, 4.69) is 22.1 Å². The minimum Gasteiger partial charge on any atom is -0.379 e. The molecule has 0 unspecified atom stereocenters. The normalized spacial score (nSPS) is 28.2. The summed E-state index contributed by atoms with van der Waals surface area (Å²) < 4.78 is 38.7. The first kappa shape index (κ1) is 17.3. The van der Waals surface area contributed by atoms with Gasteiger partial charge in [-0.1, -0.05) is 12.1 Å². The Kier molecular flexibility index (Phi) is 4.39. The van der Waals surface area contributed by atoms with Crippen LogP contribution in [-0.4, -0.2) is 35.1 Å². The number of piperidine rings is 3. The molecule has 0 amide bonds. The van der Waals surface area contributed by atoms with Crippen molar-refractivity contribution < 1.29 is 13.2 Å². The third-order valence-corrected chi connectivity index (χ3v) is 5.76. The molecule has 0 spiro atoms. The summed E-state index contributed by atoms with van der Waals surface area (Å²) in [5, 5.41) is 3.59. The molecule has 2 aromatic rings. The number of aromatic nitrogens is 1. The summed E-state index contributed by atoms with van der Waals surface area (Å²) >= 11 is 0. The maximum absolute atomic E-state index is 12.9. The molecule has 3 fully saturated rings. The Morgan fingerprint density at radius 1 is 1.12 bits per heavy atom. The van der Waals surface area contributed by atoms with Gasteiger partial charge in [0.1, 0.15) is 0 Å². The Morgan fingerprint density at radius 2 is 1.88 bits per heavy atom. The molecular weight excluding hydrogens is 339 g/mol. The molecule has 6 heteroatoms. The summed E-state index contributed by atoms with van der Waals surface area (Å²) in [6, 6.07) is 9.88. The van der Waals surface area contributed by atoms with Crippen LogP contribution in [-0.2, 0) is 6.18 Å². The lowest BCUT2D eigenvalue weighted by atomic mass is 9.79. The molecule has 1 aromatic heterocycles. The number of halogens is 3. The quantitative estimate of drug-likeness (QED) is 0.862. The topological polar surface area (TPSA) is 28.2 Å². The Morgan fingerprint density at radius 3 is 2.50 bits per heavy atom. The van der Waals surface area contributed by atoms with Crippen LogP contribution < -0.4 is 5.32 Å². The molecule has 0 radical (unpaired) electrons. The van der Waals surface area contributed by atoms with Gasteiger partial charge in [-0.3, -0.25) is 9.88 Å². The third kappa shape index (κ3) is 3.30. The lowest BCUT2D eigenvalue weighted by Crippen LogP contribution is -2.59. The van der Waals surface area contributed by atoms with E-state index in [1.54, 1.807) is 18.3 Å². The fraction of sp³-hybridized carbons (Fsp3) is 0.450. The van der Waals surface area contributed by atoms with Crippen molar-refractivity contribution in [1.29, 1.82) is 0 Å². The number of rotatable bonds is 3. The highest BCUT2D eigenvalue weighted by Gasteiger charge is 2.39. The minimum atomic E-state index is -4.34. The maximum Gasteiger partial charge on any atom is 0.416 e. The van der Waals surface area contributed by atoms with E-state index in [1.165, 1.54) is 32.0 Å². The van der Waals surface area contributed by atoms with Crippen molar-refractivity contribution in [1.82, 2.24) is 9.88 Å². The Hall–Kier alpha value is -2.08. The first-order valence-corrected chi connectivity index (χ1v) is 9.06. The van der Waals surface area contributed by atoms with Gasteiger partial charge >= 0.3 is 6.18 Å². The zero-order valence-electron chi connectivity index (χ0n) is 14.6. The van der Waals surface area contributed by atoms with Crippen molar-refractivity contribution in [2.45, 2.75) is 38.0 Å². The van der Waals surface area contributed by atoms with Crippen LogP contribution in [0.3, 0.4) is 0 Å². The molecule has 3 aliphatic heterocycles. The second-order valence-corrected chi connectivity index (χ2v) is 7.29. The molecule has 2 bridgehead atoms. The van der Waals surface area contributed by atoms with Crippen LogP contribution in [0.2, 0.25) is 0 Å². The van der Waals surface area contributed by atoms with Crippen LogP contribution >= 0.6 is 0 Å². The lowest BCUT2D eigenvalue weighted by Gasteiger charge is -2.50. The largest absolute Gasteiger partial charge is 0.416 e. The van der Waals surface area contributed by atoms with Crippen LogP contribution in [0.5, 0.6) is 0 Å². The highest BCUT2D eigenvalue weighted by atomic mass is 19.4. The SMILES string of the molecule is C[C@@H]1[C@H](Nc2ccc(-c3cccc(C(F)(F)F)c3)nc2)C2CCN1CC2. The van der Waals surface area contributed by atoms with Crippen LogP contribution in [0.1, 0.15) is 25.3 Å². The van der Waals surface area contributed by atoms with Crippen molar-refractivity contribution in [3.05, 3.63) is 48.2 Å². The van der Waals surface area contributed by atoms with Gasteiger partial charge in [-0.2, -0.15) is 13.2 Å². The Labute approximate surface area is 151 Å². The molecule has 3 saturated heterocycles. The number of hydrogen-bond donors (Lipinski definition) is 1. The smallest absolute Gasteiger partial charge is 0.379 e. The van der Waals surface area contributed by atoms with Gasteiger partial charge in [0.05, 0.1) is 23.1 Å². The van der Waals surface area contributed by atoms with E-state index in [0.29, 0.717) is 29.3 Å². The Bertz CT molecular complexity index is 763. The van der Waals surface area contributed by atoms with E-state index in [1.807, 2.05) is 6.07 Å². The van der Waals surface area contributed by atoms with Crippen molar-refractivity contribution >= 4 is 5.69 Å². The summed E-state index contributed by atoms with van der Waals surface area (Å²) in [6.45, 7) is 4.61. The van der Waals surface area contributed by atoms with Crippen molar-refractivity contribution in [2.24, 2.45) is 5.92 Å². The molecule has 0 aliphatic carbocycles. The first-order valence-electron chi connectivity index (χ1n) is 9.06. The molecular formula is C20H22F3N3. The summed E-state index contributed by atoms with van der Waals surface area (Å²) in [6.07, 6.45) is -0.182. The monoisotopic (exact) mass is 361 g/mol. The average Bonchev–Trinajstić information content (AvgIpc) is 2.65. The van der Waals surface area contributed by atoms with E-state index in [9.17, 15) is 13.2 Å². The zero-order valence-corrected chi connectivity index (χ0v) is 14.6. The van der Waals surface area contributed by atoms with Gasteiger partial charge in [0.2, 0.25) is 0 Å². The highest BCUT2D eigenvalue weighted by molar-refractivity contribution is 5.62. The molecule has 3 nitrogen and oxygen atoms in total. The molecule has 3 aliphatic rings.